The number of aliphatic carboxylic acids is 1. The fourth-order valence-electron chi connectivity index (χ4n) is 1.44. The smallest absolute Gasteiger partial charge is 0.407 e. The number of hydrogen-bond acceptors (Lipinski definition) is 5. The molecule has 108 valence electrons. The Hall–Kier alpha value is -2.57. The maximum atomic E-state index is 11.4. The predicted molar refractivity (Wildman–Crippen MR) is 67.0 cm³/mol. The van der Waals surface area contributed by atoms with Gasteiger partial charge in [0.1, 0.15) is 6.61 Å². The molecule has 0 spiro atoms. The first-order valence-electron chi connectivity index (χ1n) is 5.95. The summed E-state index contributed by atoms with van der Waals surface area (Å²) in [6, 6.07) is 7.60. The molecule has 0 aromatic heterocycles. The SMILES string of the molecule is NC(=O)CCC(NC(=O)OCc1ccccc1)C(=O)[O-]. The number of hydrogen-bond donors (Lipinski definition) is 2. The van der Waals surface area contributed by atoms with Crippen LogP contribution in [0.2, 0.25) is 0 Å². The second kappa shape index (κ2) is 7.78. The highest BCUT2D eigenvalue weighted by Crippen LogP contribution is 2.02. The Labute approximate surface area is 115 Å². The van der Waals surface area contributed by atoms with Crippen molar-refractivity contribution in [3.63, 3.8) is 0 Å². The number of carboxylic acid groups (broad SMARTS) is 1. The number of rotatable bonds is 7. The van der Waals surface area contributed by atoms with Crippen LogP contribution in [0.4, 0.5) is 4.79 Å². The van der Waals surface area contributed by atoms with Crippen LogP contribution in [0.5, 0.6) is 0 Å². The van der Waals surface area contributed by atoms with Gasteiger partial charge in [-0.3, -0.25) is 4.79 Å². The maximum absolute atomic E-state index is 11.4. The van der Waals surface area contributed by atoms with E-state index in [9.17, 15) is 19.5 Å². The largest absolute Gasteiger partial charge is 0.548 e. The van der Waals surface area contributed by atoms with E-state index in [1.165, 1.54) is 0 Å². The topological polar surface area (TPSA) is 122 Å². The van der Waals surface area contributed by atoms with Gasteiger partial charge in [0.05, 0.1) is 12.0 Å². The van der Waals surface area contributed by atoms with Crippen molar-refractivity contribution in [2.45, 2.75) is 25.5 Å². The maximum Gasteiger partial charge on any atom is 0.407 e. The lowest BCUT2D eigenvalue weighted by atomic mass is 10.1. The van der Waals surface area contributed by atoms with E-state index in [1.54, 1.807) is 24.3 Å². The highest BCUT2D eigenvalue weighted by molar-refractivity contribution is 5.80. The first-order valence-corrected chi connectivity index (χ1v) is 5.95. The average molecular weight is 279 g/mol. The summed E-state index contributed by atoms with van der Waals surface area (Å²) in [5, 5.41) is 12.9. The second-order valence-electron chi connectivity index (χ2n) is 4.08. The minimum Gasteiger partial charge on any atom is -0.548 e. The molecule has 1 unspecified atom stereocenters. The van der Waals surface area contributed by atoms with Crippen LogP contribution in [0.15, 0.2) is 30.3 Å². The Morgan fingerprint density at radius 3 is 2.45 bits per heavy atom. The Kier molecular flexibility index (Phi) is 6.02. The van der Waals surface area contributed by atoms with Gasteiger partial charge in [0.15, 0.2) is 0 Å². The standard InChI is InChI=1S/C13H16N2O5/c14-11(16)7-6-10(12(17)18)15-13(19)20-8-9-4-2-1-3-5-9/h1-5,10H,6-8H2,(H2,14,16)(H,15,19)(H,17,18)/p-1. The number of amides is 2. The molecule has 7 heteroatoms. The number of primary amides is 1. The van der Waals surface area contributed by atoms with Gasteiger partial charge < -0.3 is 25.7 Å². The van der Waals surface area contributed by atoms with Gasteiger partial charge in [-0.25, -0.2) is 4.79 Å². The summed E-state index contributed by atoms with van der Waals surface area (Å²) in [6.45, 7) is 0.0161. The van der Waals surface area contributed by atoms with Crippen LogP contribution < -0.4 is 16.2 Å². The number of alkyl carbamates (subject to hydrolysis) is 1. The van der Waals surface area contributed by atoms with Crippen molar-refractivity contribution < 1.29 is 24.2 Å². The number of ether oxygens (including phenoxy) is 1. The third-order valence-electron chi connectivity index (χ3n) is 2.47. The Morgan fingerprint density at radius 2 is 1.90 bits per heavy atom. The van der Waals surface area contributed by atoms with E-state index in [2.05, 4.69) is 5.32 Å². The highest BCUT2D eigenvalue weighted by atomic mass is 16.5. The molecular formula is C13H15N2O5-. The van der Waals surface area contributed by atoms with E-state index < -0.39 is 24.0 Å². The van der Waals surface area contributed by atoms with E-state index in [1.807, 2.05) is 6.07 Å². The minimum atomic E-state index is -1.50. The lowest BCUT2D eigenvalue weighted by molar-refractivity contribution is -0.308. The minimum absolute atomic E-state index is 0.0161. The van der Waals surface area contributed by atoms with Gasteiger partial charge in [-0.1, -0.05) is 30.3 Å². The van der Waals surface area contributed by atoms with Crippen molar-refractivity contribution in [2.75, 3.05) is 0 Å². The van der Waals surface area contributed by atoms with Crippen LogP contribution in [0.25, 0.3) is 0 Å². The number of benzene rings is 1. The van der Waals surface area contributed by atoms with Crippen LogP contribution in [0, 0.1) is 0 Å². The van der Waals surface area contributed by atoms with Crippen molar-refractivity contribution >= 4 is 18.0 Å². The molecule has 0 aliphatic rings. The zero-order valence-corrected chi connectivity index (χ0v) is 10.7. The van der Waals surface area contributed by atoms with Gasteiger partial charge in [0.25, 0.3) is 0 Å². The van der Waals surface area contributed by atoms with Crippen molar-refractivity contribution in [1.82, 2.24) is 5.32 Å². The molecule has 0 aliphatic carbocycles. The lowest BCUT2D eigenvalue weighted by Crippen LogP contribution is -2.48. The second-order valence-corrected chi connectivity index (χ2v) is 4.08. The van der Waals surface area contributed by atoms with E-state index in [0.717, 1.165) is 5.56 Å². The molecule has 0 radical (unpaired) electrons. The summed E-state index contributed by atoms with van der Waals surface area (Å²) in [7, 11) is 0. The van der Waals surface area contributed by atoms with Crippen molar-refractivity contribution in [1.29, 1.82) is 0 Å². The molecule has 3 N–H and O–H groups in total. The third kappa shape index (κ3) is 5.85. The van der Waals surface area contributed by atoms with E-state index in [0.29, 0.717) is 0 Å². The molecule has 0 bridgehead atoms. The summed E-state index contributed by atoms with van der Waals surface area (Å²) >= 11 is 0. The zero-order chi connectivity index (χ0) is 15.0. The summed E-state index contributed by atoms with van der Waals surface area (Å²) in [6.07, 6.45) is -1.21. The summed E-state index contributed by atoms with van der Waals surface area (Å²) in [5.74, 6) is -2.15. The van der Waals surface area contributed by atoms with Crippen LogP contribution in [0.3, 0.4) is 0 Å². The highest BCUT2D eigenvalue weighted by Gasteiger charge is 2.15. The van der Waals surface area contributed by atoms with Gasteiger partial charge in [-0.15, -0.1) is 0 Å². The van der Waals surface area contributed by atoms with Gasteiger partial charge in [0.2, 0.25) is 5.91 Å². The van der Waals surface area contributed by atoms with E-state index >= 15 is 0 Å². The summed E-state index contributed by atoms with van der Waals surface area (Å²) in [5.41, 5.74) is 5.68. The number of carbonyl (C=O) groups excluding carboxylic acids is 3. The average Bonchev–Trinajstić information content (AvgIpc) is 2.41. The van der Waals surface area contributed by atoms with Crippen LogP contribution in [0.1, 0.15) is 18.4 Å². The quantitative estimate of drug-likeness (QED) is 0.683. The Morgan fingerprint density at radius 1 is 1.25 bits per heavy atom. The fourth-order valence-corrected chi connectivity index (χ4v) is 1.44. The number of carbonyl (C=O) groups is 3. The normalized spacial score (nSPS) is 11.4. The van der Waals surface area contributed by atoms with Crippen molar-refractivity contribution in [2.24, 2.45) is 5.73 Å². The number of carboxylic acids is 1. The van der Waals surface area contributed by atoms with Gasteiger partial charge in [0, 0.05) is 6.42 Å². The molecule has 0 fully saturated rings. The first-order chi connectivity index (χ1) is 9.49. The van der Waals surface area contributed by atoms with Gasteiger partial charge in [-0.2, -0.15) is 0 Å². The number of nitrogens with one attached hydrogen (secondary N) is 1. The van der Waals surface area contributed by atoms with Gasteiger partial charge in [-0.05, 0) is 12.0 Å². The first kappa shape index (κ1) is 15.5. The fraction of sp³-hybridized carbons (Fsp3) is 0.308. The lowest BCUT2D eigenvalue weighted by Gasteiger charge is -2.18. The van der Waals surface area contributed by atoms with Crippen LogP contribution in [-0.2, 0) is 20.9 Å². The molecule has 2 amide bonds. The molecule has 0 heterocycles. The molecule has 0 saturated heterocycles. The molecule has 7 nitrogen and oxygen atoms in total. The van der Waals surface area contributed by atoms with Crippen molar-refractivity contribution in [3.05, 3.63) is 35.9 Å². The summed E-state index contributed by atoms with van der Waals surface area (Å²) in [4.78, 5) is 32.8. The Bertz CT molecular complexity index is 475. The Balaban J connectivity index is 2.41. The van der Waals surface area contributed by atoms with Gasteiger partial charge >= 0.3 is 6.09 Å². The van der Waals surface area contributed by atoms with Crippen molar-refractivity contribution in [3.8, 4) is 0 Å². The molecule has 1 atom stereocenters. The summed E-state index contributed by atoms with van der Waals surface area (Å²) < 4.78 is 4.86. The molecule has 1 aromatic carbocycles. The molecule has 1 aromatic rings. The molecule has 20 heavy (non-hydrogen) atoms. The van der Waals surface area contributed by atoms with Crippen LogP contribution in [-0.4, -0.2) is 24.0 Å². The predicted octanol–water partition coefficient (Wildman–Crippen LogP) is -0.703. The zero-order valence-electron chi connectivity index (χ0n) is 10.7. The molecule has 0 aliphatic heterocycles. The monoisotopic (exact) mass is 279 g/mol. The molecule has 1 rings (SSSR count). The number of nitrogens with two attached hydrogens (primary N) is 1. The van der Waals surface area contributed by atoms with E-state index in [4.69, 9.17) is 10.5 Å². The molecular weight excluding hydrogens is 264 g/mol. The molecule has 0 saturated carbocycles. The van der Waals surface area contributed by atoms with Crippen LogP contribution >= 0.6 is 0 Å². The third-order valence-corrected chi connectivity index (χ3v) is 2.47. The van der Waals surface area contributed by atoms with E-state index in [-0.39, 0.29) is 19.4 Å².